The van der Waals surface area contributed by atoms with Gasteiger partial charge in [-0.25, -0.2) is 0 Å². The summed E-state index contributed by atoms with van der Waals surface area (Å²) < 4.78 is 0. The van der Waals surface area contributed by atoms with Crippen LogP contribution >= 0.6 is 0 Å². The maximum Gasteiger partial charge on any atom is 0.0190 e. The van der Waals surface area contributed by atoms with Crippen LogP contribution in [0.15, 0.2) is 11.6 Å². The highest BCUT2D eigenvalue weighted by Gasteiger charge is 2.20. The molecule has 0 unspecified atom stereocenters. The first-order valence-electron chi connectivity index (χ1n) is 4.93. The quantitative estimate of drug-likeness (QED) is 0.612. The van der Waals surface area contributed by atoms with Crippen molar-refractivity contribution in [3.05, 3.63) is 11.6 Å². The summed E-state index contributed by atoms with van der Waals surface area (Å²) in [6.45, 7) is 8.49. The Balaban J connectivity index is 1.77. The van der Waals surface area contributed by atoms with Gasteiger partial charge in [-0.1, -0.05) is 11.6 Å². The smallest absolute Gasteiger partial charge is 0.0190 e. The van der Waals surface area contributed by atoms with Gasteiger partial charge < -0.3 is 5.32 Å². The molecule has 1 saturated heterocycles. The average molecular weight is 166 g/mol. The fraction of sp³-hybridized carbons (Fsp3) is 0.800. The van der Waals surface area contributed by atoms with Crippen LogP contribution in [0.1, 0.15) is 13.3 Å². The Hall–Kier alpha value is -0.340. The molecule has 2 heterocycles. The highest BCUT2D eigenvalue weighted by molar-refractivity contribution is 5.04. The van der Waals surface area contributed by atoms with Crippen LogP contribution in [0.25, 0.3) is 0 Å². The molecule has 2 nitrogen and oxygen atoms in total. The molecule has 0 aliphatic carbocycles. The van der Waals surface area contributed by atoms with Gasteiger partial charge in [0, 0.05) is 32.7 Å². The van der Waals surface area contributed by atoms with E-state index < -0.39 is 0 Å². The lowest BCUT2D eigenvalue weighted by atomic mass is 10.0. The minimum absolute atomic E-state index is 0.927. The molecule has 12 heavy (non-hydrogen) atoms. The molecule has 2 heteroatoms. The van der Waals surface area contributed by atoms with Crippen molar-refractivity contribution in [1.82, 2.24) is 10.2 Å². The van der Waals surface area contributed by atoms with Crippen LogP contribution in [0.3, 0.4) is 0 Å². The monoisotopic (exact) mass is 166 g/mol. The molecular formula is C10H18N2. The second-order valence-electron chi connectivity index (χ2n) is 4.10. The van der Waals surface area contributed by atoms with Crippen LogP contribution in [0.5, 0.6) is 0 Å². The summed E-state index contributed by atoms with van der Waals surface area (Å²) in [5, 5.41) is 3.32. The van der Waals surface area contributed by atoms with Gasteiger partial charge in [-0.3, -0.25) is 4.90 Å². The predicted molar refractivity (Wildman–Crippen MR) is 51.2 cm³/mol. The molecule has 1 N–H and O–H groups in total. The molecule has 1 fully saturated rings. The molecule has 0 aromatic heterocycles. The molecule has 0 aromatic carbocycles. The highest BCUT2D eigenvalue weighted by atomic mass is 15.1. The van der Waals surface area contributed by atoms with Gasteiger partial charge in [0.25, 0.3) is 0 Å². The molecule has 0 saturated carbocycles. The van der Waals surface area contributed by atoms with E-state index in [1.807, 2.05) is 0 Å². The van der Waals surface area contributed by atoms with Gasteiger partial charge in [0.2, 0.25) is 0 Å². The Labute approximate surface area is 74.6 Å². The van der Waals surface area contributed by atoms with E-state index in [1.54, 1.807) is 5.57 Å². The summed E-state index contributed by atoms with van der Waals surface area (Å²) in [4.78, 5) is 2.58. The molecule has 68 valence electrons. The molecule has 0 atom stereocenters. The lowest BCUT2D eigenvalue weighted by Crippen LogP contribution is -2.49. The van der Waals surface area contributed by atoms with Crippen molar-refractivity contribution in [2.45, 2.75) is 13.3 Å². The summed E-state index contributed by atoms with van der Waals surface area (Å²) in [5.74, 6) is 0.927. The van der Waals surface area contributed by atoms with Crippen LogP contribution in [0.4, 0.5) is 0 Å². The molecule has 0 amide bonds. The van der Waals surface area contributed by atoms with Gasteiger partial charge in [0.05, 0.1) is 0 Å². The minimum atomic E-state index is 0.927. The fourth-order valence-electron chi connectivity index (χ4n) is 1.99. The zero-order valence-electron chi connectivity index (χ0n) is 7.84. The zero-order chi connectivity index (χ0) is 8.39. The van der Waals surface area contributed by atoms with Crippen molar-refractivity contribution < 1.29 is 0 Å². The molecular weight excluding hydrogens is 148 g/mol. The van der Waals surface area contributed by atoms with Crippen LogP contribution in [0, 0.1) is 5.92 Å². The second kappa shape index (κ2) is 3.58. The Kier molecular flexibility index (Phi) is 2.47. The van der Waals surface area contributed by atoms with Crippen LogP contribution in [-0.4, -0.2) is 37.6 Å². The van der Waals surface area contributed by atoms with Gasteiger partial charge in [-0.05, 0) is 19.3 Å². The summed E-state index contributed by atoms with van der Waals surface area (Å²) in [5.41, 5.74) is 1.55. The third-order valence-corrected chi connectivity index (χ3v) is 2.79. The number of nitrogens with one attached hydrogen (secondary N) is 1. The van der Waals surface area contributed by atoms with E-state index in [2.05, 4.69) is 23.2 Å². The lowest BCUT2D eigenvalue weighted by molar-refractivity contribution is 0.201. The van der Waals surface area contributed by atoms with Gasteiger partial charge >= 0.3 is 0 Å². The number of hydrogen-bond donors (Lipinski definition) is 1. The van der Waals surface area contributed by atoms with Crippen molar-refractivity contribution in [2.24, 2.45) is 5.92 Å². The van der Waals surface area contributed by atoms with Crippen molar-refractivity contribution in [1.29, 1.82) is 0 Å². The highest BCUT2D eigenvalue weighted by Crippen LogP contribution is 2.12. The first-order chi connectivity index (χ1) is 5.84. The molecule has 0 aromatic rings. The van der Waals surface area contributed by atoms with Gasteiger partial charge in [0.15, 0.2) is 0 Å². The molecule has 0 bridgehead atoms. The first-order valence-corrected chi connectivity index (χ1v) is 4.93. The summed E-state index contributed by atoms with van der Waals surface area (Å²) in [6.07, 6.45) is 3.63. The Morgan fingerprint density at radius 3 is 3.00 bits per heavy atom. The van der Waals surface area contributed by atoms with Crippen molar-refractivity contribution in [2.75, 3.05) is 32.7 Å². The van der Waals surface area contributed by atoms with Crippen molar-refractivity contribution in [3.63, 3.8) is 0 Å². The van der Waals surface area contributed by atoms with Crippen molar-refractivity contribution in [3.8, 4) is 0 Å². The number of hydrogen-bond acceptors (Lipinski definition) is 2. The third-order valence-electron chi connectivity index (χ3n) is 2.79. The van der Waals surface area contributed by atoms with E-state index in [9.17, 15) is 0 Å². The van der Waals surface area contributed by atoms with Crippen LogP contribution < -0.4 is 5.32 Å². The molecule has 0 spiro atoms. The number of rotatable bonds is 2. The predicted octanol–water partition coefficient (Wildman–Crippen LogP) is 0.858. The van der Waals surface area contributed by atoms with Crippen molar-refractivity contribution >= 4 is 0 Å². The molecule has 2 aliphatic heterocycles. The molecule has 2 aliphatic rings. The van der Waals surface area contributed by atoms with Gasteiger partial charge in [-0.2, -0.15) is 0 Å². The van der Waals surface area contributed by atoms with E-state index >= 15 is 0 Å². The third kappa shape index (κ3) is 1.87. The van der Waals surface area contributed by atoms with Gasteiger partial charge in [0.1, 0.15) is 0 Å². The lowest BCUT2D eigenvalue weighted by Gasteiger charge is -2.34. The topological polar surface area (TPSA) is 15.3 Å². The molecule has 2 rings (SSSR count). The normalized spacial score (nSPS) is 26.6. The summed E-state index contributed by atoms with van der Waals surface area (Å²) in [7, 11) is 0. The first kappa shape index (κ1) is 8.27. The van der Waals surface area contributed by atoms with Crippen LogP contribution in [0.2, 0.25) is 0 Å². The van der Waals surface area contributed by atoms with E-state index in [0.29, 0.717) is 0 Å². The van der Waals surface area contributed by atoms with E-state index in [4.69, 9.17) is 0 Å². The summed E-state index contributed by atoms with van der Waals surface area (Å²) >= 11 is 0. The zero-order valence-corrected chi connectivity index (χ0v) is 7.84. The Morgan fingerprint density at radius 1 is 1.58 bits per heavy atom. The average Bonchev–Trinajstić information content (AvgIpc) is 1.97. The second-order valence-corrected chi connectivity index (χ2v) is 4.10. The molecule has 0 radical (unpaired) electrons. The Morgan fingerprint density at radius 2 is 2.42 bits per heavy atom. The van der Waals surface area contributed by atoms with E-state index in [0.717, 1.165) is 5.92 Å². The van der Waals surface area contributed by atoms with E-state index in [1.165, 1.54) is 39.1 Å². The Bertz CT molecular complexity index is 182. The maximum atomic E-state index is 3.32. The minimum Gasteiger partial charge on any atom is -0.316 e. The standard InChI is InChI=1S/C10H18N2/c1-9-3-2-4-12(7-9)8-10-5-11-6-10/h3,10-11H,2,4-8H2,1H3. The number of nitrogens with zero attached hydrogens (tertiary/aromatic N) is 1. The largest absolute Gasteiger partial charge is 0.316 e. The maximum absolute atomic E-state index is 3.32. The van der Waals surface area contributed by atoms with Gasteiger partial charge in [-0.15, -0.1) is 0 Å². The van der Waals surface area contributed by atoms with Crippen LogP contribution in [-0.2, 0) is 0 Å². The van der Waals surface area contributed by atoms with E-state index in [-0.39, 0.29) is 0 Å². The SMILES string of the molecule is CC1=CCCN(CC2CNC2)C1. The fourth-order valence-corrected chi connectivity index (χ4v) is 1.99. The summed E-state index contributed by atoms with van der Waals surface area (Å²) in [6, 6.07) is 0.